The Bertz CT molecular complexity index is 944. The first-order valence-electron chi connectivity index (χ1n) is 12.1. The van der Waals surface area contributed by atoms with Gasteiger partial charge < -0.3 is 10.2 Å². The summed E-state index contributed by atoms with van der Waals surface area (Å²) >= 11 is 0. The first-order valence-corrected chi connectivity index (χ1v) is 12.1. The zero-order valence-corrected chi connectivity index (χ0v) is 19.6. The van der Waals surface area contributed by atoms with Gasteiger partial charge in [0.2, 0.25) is 5.91 Å². The van der Waals surface area contributed by atoms with E-state index < -0.39 is 0 Å². The van der Waals surface area contributed by atoms with Crippen LogP contribution < -0.4 is 5.32 Å². The summed E-state index contributed by atoms with van der Waals surface area (Å²) in [5.74, 6) is 0.425. The highest BCUT2D eigenvalue weighted by atomic mass is 19.1. The molecule has 1 aliphatic carbocycles. The van der Waals surface area contributed by atoms with Crippen LogP contribution in [-0.4, -0.2) is 53.8 Å². The minimum absolute atomic E-state index is 0.0532. The van der Waals surface area contributed by atoms with Crippen molar-refractivity contribution in [1.29, 1.82) is 0 Å². The van der Waals surface area contributed by atoms with Crippen LogP contribution in [0.25, 0.3) is 0 Å². The molecule has 2 aliphatic rings. The van der Waals surface area contributed by atoms with Crippen LogP contribution in [0.4, 0.5) is 10.1 Å². The Balaban J connectivity index is 1.41. The Labute approximate surface area is 196 Å². The molecule has 1 saturated heterocycles. The van der Waals surface area contributed by atoms with E-state index in [1.54, 1.807) is 4.90 Å². The van der Waals surface area contributed by atoms with Crippen molar-refractivity contribution in [2.45, 2.75) is 51.5 Å². The molecule has 1 saturated carbocycles. The predicted molar refractivity (Wildman–Crippen MR) is 129 cm³/mol. The SMILES string of the molecule is CC(C)c1ccc(NC(=O)[C@H](C2CCCC2)N2CCN(C(=O)c3ccc(F)cc3)CC2)cc1. The Kier molecular flexibility index (Phi) is 7.43. The summed E-state index contributed by atoms with van der Waals surface area (Å²) in [4.78, 5) is 30.3. The lowest BCUT2D eigenvalue weighted by Crippen LogP contribution is -2.56. The number of nitrogens with one attached hydrogen (secondary N) is 1. The van der Waals surface area contributed by atoms with Gasteiger partial charge >= 0.3 is 0 Å². The van der Waals surface area contributed by atoms with E-state index in [1.165, 1.54) is 42.7 Å². The van der Waals surface area contributed by atoms with Crippen molar-refractivity contribution >= 4 is 17.5 Å². The fraction of sp³-hybridized carbons (Fsp3) is 0.481. The molecule has 0 radical (unpaired) electrons. The van der Waals surface area contributed by atoms with Gasteiger partial charge in [0.25, 0.3) is 5.91 Å². The van der Waals surface area contributed by atoms with Crippen LogP contribution in [0.5, 0.6) is 0 Å². The third-order valence-corrected chi connectivity index (χ3v) is 7.05. The van der Waals surface area contributed by atoms with Crippen molar-refractivity contribution < 1.29 is 14.0 Å². The molecule has 1 atom stereocenters. The normalized spacial score (nSPS) is 18.5. The molecular formula is C27H34FN3O2. The summed E-state index contributed by atoms with van der Waals surface area (Å²) in [6.07, 6.45) is 4.47. The van der Waals surface area contributed by atoms with Crippen LogP contribution in [0.3, 0.4) is 0 Å². The van der Waals surface area contributed by atoms with E-state index in [4.69, 9.17) is 0 Å². The molecule has 2 amide bonds. The molecule has 33 heavy (non-hydrogen) atoms. The second kappa shape index (κ2) is 10.5. The Morgan fingerprint density at radius 3 is 2.09 bits per heavy atom. The molecule has 4 rings (SSSR count). The van der Waals surface area contributed by atoms with E-state index in [0.717, 1.165) is 18.5 Å². The van der Waals surface area contributed by atoms with E-state index in [2.05, 4.69) is 36.2 Å². The van der Waals surface area contributed by atoms with Crippen LogP contribution >= 0.6 is 0 Å². The molecule has 2 fully saturated rings. The summed E-state index contributed by atoms with van der Waals surface area (Å²) in [5, 5.41) is 3.15. The Morgan fingerprint density at radius 1 is 0.909 bits per heavy atom. The summed E-state index contributed by atoms with van der Waals surface area (Å²) in [6.45, 7) is 6.77. The summed E-state index contributed by atoms with van der Waals surface area (Å²) in [6, 6.07) is 13.6. The minimum atomic E-state index is -0.347. The van der Waals surface area contributed by atoms with Crippen LogP contribution in [0.2, 0.25) is 0 Å². The van der Waals surface area contributed by atoms with Crippen molar-refractivity contribution in [3.8, 4) is 0 Å². The van der Waals surface area contributed by atoms with Gasteiger partial charge in [-0.25, -0.2) is 4.39 Å². The molecule has 2 aromatic rings. The third kappa shape index (κ3) is 5.61. The number of hydrogen-bond donors (Lipinski definition) is 1. The molecule has 0 aromatic heterocycles. The van der Waals surface area contributed by atoms with Gasteiger partial charge in [-0.3, -0.25) is 14.5 Å². The second-order valence-corrected chi connectivity index (χ2v) is 9.59. The fourth-order valence-electron chi connectivity index (χ4n) is 5.10. The lowest BCUT2D eigenvalue weighted by Gasteiger charge is -2.40. The quantitative estimate of drug-likeness (QED) is 0.679. The van der Waals surface area contributed by atoms with E-state index in [1.807, 2.05) is 12.1 Å². The first kappa shape index (κ1) is 23.4. The van der Waals surface area contributed by atoms with Crippen molar-refractivity contribution in [2.75, 3.05) is 31.5 Å². The van der Waals surface area contributed by atoms with Gasteiger partial charge in [-0.2, -0.15) is 0 Å². The molecule has 1 heterocycles. The number of anilines is 1. The zero-order chi connectivity index (χ0) is 23.4. The van der Waals surface area contributed by atoms with Gasteiger partial charge in [0.15, 0.2) is 0 Å². The smallest absolute Gasteiger partial charge is 0.253 e. The highest BCUT2D eigenvalue weighted by Crippen LogP contribution is 2.32. The third-order valence-electron chi connectivity index (χ3n) is 7.05. The number of carbonyl (C=O) groups excluding carboxylic acids is 2. The highest BCUT2D eigenvalue weighted by molar-refractivity contribution is 5.95. The fourth-order valence-corrected chi connectivity index (χ4v) is 5.10. The van der Waals surface area contributed by atoms with Gasteiger partial charge in [0.1, 0.15) is 5.82 Å². The largest absolute Gasteiger partial charge is 0.336 e. The van der Waals surface area contributed by atoms with Crippen molar-refractivity contribution in [1.82, 2.24) is 9.80 Å². The number of benzene rings is 2. The number of hydrogen-bond acceptors (Lipinski definition) is 3. The average molecular weight is 452 g/mol. The molecular weight excluding hydrogens is 417 g/mol. The molecule has 0 spiro atoms. The lowest BCUT2D eigenvalue weighted by atomic mass is 9.94. The van der Waals surface area contributed by atoms with Crippen LogP contribution in [0.15, 0.2) is 48.5 Å². The molecule has 0 bridgehead atoms. The zero-order valence-electron chi connectivity index (χ0n) is 19.6. The van der Waals surface area contributed by atoms with Gasteiger partial charge in [0.05, 0.1) is 6.04 Å². The van der Waals surface area contributed by atoms with Crippen molar-refractivity contribution in [3.63, 3.8) is 0 Å². The number of nitrogens with zero attached hydrogens (tertiary/aromatic N) is 2. The maximum atomic E-state index is 13.4. The van der Waals surface area contributed by atoms with E-state index in [-0.39, 0.29) is 23.7 Å². The molecule has 176 valence electrons. The van der Waals surface area contributed by atoms with Gasteiger partial charge in [-0.1, -0.05) is 38.8 Å². The minimum Gasteiger partial charge on any atom is -0.336 e. The Morgan fingerprint density at radius 2 is 1.52 bits per heavy atom. The lowest BCUT2D eigenvalue weighted by molar-refractivity contribution is -0.123. The number of rotatable bonds is 6. The van der Waals surface area contributed by atoms with Crippen molar-refractivity contribution in [2.24, 2.45) is 5.92 Å². The Hall–Kier alpha value is -2.73. The van der Waals surface area contributed by atoms with Gasteiger partial charge in [0, 0.05) is 37.4 Å². The predicted octanol–water partition coefficient (Wildman–Crippen LogP) is 4.90. The van der Waals surface area contributed by atoms with Crippen LogP contribution in [0, 0.1) is 11.7 Å². The molecule has 1 aliphatic heterocycles. The maximum Gasteiger partial charge on any atom is 0.253 e. The number of carbonyl (C=O) groups is 2. The van der Waals surface area contributed by atoms with E-state index in [0.29, 0.717) is 43.6 Å². The number of amides is 2. The standard InChI is InChI=1S/C27H34FN3O2/c1-19(2)20-9-13-24(14-10-20)29-26(32)25(21-5-3-4-6-21)30-15-17-31(18-16-30)27(33)22-7-11-23(28)12-8-22/h7-14,19,21,25H,3-6,15-18H2,1-2H3,(H,29,32)/t25-/m0/s1. The molecule has 6 heteroatoms. The topological polar surface area (TPSA) is 52.7 Å². The average Bonchev–Trinajstić information content (AvgIpc) is 3.34. The molecule has 5 nitrogen and oxygen atoms in total. The molecule has 0 unspecified atom stereocenters. The summed E-state index contributed by atoms with van der Waals surface area (Å²) in [7, 11) is 0. The monoisotopic (exact) mass is 451 g/mol. The number of halogens is 1. The van der Waals surface area contributed by atoms with Gasteiger partial charge in [-0.05, 0) is 66.6 Å². The maximum absolute atomic E-state index is 13.4. The molecule has 2 aromatic carbocycles. The van der Waals surface area contributed by atoms with E-state index in [9.17, 15) is 14.0 Å². The van der Waals surface area contributed by atoms with Crippen LogP contribution in [-0.2, 0) is 4.79 Å². The van der Waals surface area contributed by atoms with Crippen molar-refractivity contribution in [3.05, 3.63) is 65.5 Å². The number of piperazine rings is 1. The second-order valence-electron chi connectivity index (χ2n) is 9.59. The van der Waals surface area contributed by atoms with E-state index >= 15 is 0 Å². The molecule has 1 N–H and O–H groups in total. The summed E-state index contributed by atoms with van der Waals surface area (Å²) < 4.78 is 13.2. The highest BCUT2D eigenvalue weighted by Gasteiger charge is 2.37. The van der Waals surface area contributed by atoms with Gasteiger partial charge in [-0.15, -0.1) is 0 Å². The summed E-state index contributed by atoms with van der Waals surface area (Å²) in [5.41, 5.74) is 2.58. The van der Waals surface area contributed by atoms with Crippen LogP contribution in [0.1, 0.15) is 61.4 Å². The first-order chi connectivity index (χ1) is 15.9.